The van der Waals surface area contributed by atoms with Crippen molar-refractivity contribution in [3.63, 3.8) is 0 Å². The summed E-state index contributed by atoms with van der Waals surface area (Å²) in [5, 5.41) is 60.8. The molecule has 7 aliphatic rings. The zero-order valence-electron chi connectivity index (χ0n) is 34.7. The van der Waals surface area contributed by atoms with Crippen LogP contribution in [0.3, 0.4) is 0 Å². The zero-order chi connectivity index (χ0) is 41.5. The van der Waals surface area contributed by atoms with E-state index < -0.39 is 0 Å². The van der Waals surface area contributed by atoms with E-state index in [2.05, 4.69) is 18.7 Å². The summed E-state index contributed by atoms with van der Waals surface area (Å²) in [5.41, 5.74) is 6.01. The van der Waals surface area contributed by atoms with Gasteiger partial charge in [0.25, 0.3) is 0 Å². The van der Waals surface area contributed by atoms with Crippen molar-refractivity contribution >= 4 is 11.8 Å². The molecule has 4 fully saturated rings. The number of nitrogens with zero attached hydrogens (tertiary/aromatic N) is 3. The number of carbonyl (C=O) groups excluding carboxylic acids is 2. The first-order valence-corrected chi connectivity index (χ1v) is 21.9. The Kier molecular flexibility index (Phi) is 9.80. The number of phenols is 6. The Morgan fingerprint density at radius 3 is 1.32 bits per heavy atom. The summed E-state index contributed by atoms with van der Waals surface area (Å²) >= 11 is 0. The van der Waals surface area contributed by atoms with Crippen LogP contribution in [0.2, 0.25) is 0 Å². The topological polar surface area (TPSA) is 165 Å². The largest absolute Gasteiger partial charge is 0.504 e. The predicted molar refractivity (Wildman–Crippen MR) is 222 cm³/mol. The van der Waals surface area contributed by atoms with Gasteiger partial charge in [0.2, 0.25) is 11.8 Å². The smallest absolute Gasteiger partial charge is 0.222 e. The monoisotopic (exact) mass is 807 g/mol. The number of carbonyl (C=O) groups is 2. The highest BCUT2D eigenvalue weighted by molar-refractivity contribution is 5.77. The molecule has 316 valence electrons. The molecule has 2 atom stereocenters. The van der Waals surface area contributed by atoms with Crippen molar-refractivity contribution in [2.45, 2.75) is 135 Å². The molecule has 0 radical (unpaired) electrons. The molecule has 59 heavy (non-hydrogen) atoms. The van der Waals surface area contributed by atoms with E-state index in [1.807, 2.05) is 9.80 Å². The van der Waals surface area contributed by atoms with Crippen molar-refractivity contribution < 1.29 is 40.2 Å². The Morgan fingerprint density at radius 1 is 0.542 bits per heavy atom. The maximum Gasteiger partial charge on any atom is 0.222 e. The molecule has 0 aromatic heterocycles. The van der Waals surface area contributed by atoms with Crippen LogP contribution in [0.5, 0.6) is 34.5 Å². The maximum atomic E-state index is 14.0. The summed E-state index contributed by atoms with van der Waals surface area (Å²) < 4.78 is 0. The van der Waals surface area contributed by atoms with Crippen molar-refractivity contribution in [1.29, 1.82) is 0 Å². The highest BCUT2D eigenvalue weighted by Crippen LogP contribution is 2.73. The molecule has 0 spiro atoms. The normalized spacial score (nSPS) is 27.3. The lowest BCUT2D eigenvalue weighted by Crippen LogP contribution is -2.58. The number of phenolic OH excluding ortho intramolecular Hbond substituents is 6. The van der Waals surface area contributed by atoms with E-state index in [1.165, 1.54) is 6.42 Å². The first-order chi connectivity index (χ1) is 28.0. The van der Waals surface area contributed by atoms with E-state index in [0.29, 0.717) is 57.8 Å². The highest BCUT2D eigenvalue weighted by atomic mass is 16.3. The Morgan fingerprint density at radius 2 is 0.898 bits per heavy atom. The van der Waals surface area contributed by atoms with Crippen molar-refractivity contribution in [1.82, 2.24) is 14.7 Å². The molecule has 3 heterocycles. The van der Waals surface area contributed by atoms with Crippen LogP contribution in [-0.2, 0) is 48.5 Å². The molecule has 4 saturated carbocycles. The number of fused-ring (bicyclic) bond motifs is 3. The van der Waals surface area contributed by atoms with Crippen LogP contribution >= 0.6 is 0 Å². The van der Waals surface area contributed by atoms with Gasteiger partial charge in [0.1, 0.15) is 0 Å². The van der Waals surface area contributed by atoms with Gasteiger partial charge in [-0.3, -0.25) is 14.5 Å². The molecular formula is C48H61N3O8. The van der Waals surface area contributed by atoms with Gasteiger partial charge in [-0.1, -0.05) is 0 Å². The first-order valence-electron chi connectivity index (χ1n) is 21.9. The second-order valence-electron chi connectivity index (χ2n) is 20.5. The van der Waals surface area contributed by atoms with E-state index >= 15 is 0 Å². The molecule has 10 rings (SSSR count). The molecule has 4 bridgehead atoms. The zero-order valence-corrected chi connectivity index (χ0v) is 34.7. The van der Waals surface area contributed by atoms with E-state index in [-0.39, 0.29) is 68.1 Å². The summed E-state index contributed by atoms with van der Waals surface area (Å²) in [6.07, 6.45) is 13.6. The van der Waals surface area contributed by atoms with E-state index in [4.69, 9.17) is 0 Å². The van der Waals surface area contributed by atoms with Crippen molar-refractivity contribution in [3.8, 4) is 34.5 Å². The van der Waals surface area contributed by atoms with Crippen LogP contribution in [0.25, 0.3) is 0 Å². The van der Waals surface area contributed by atoms with Crippen LogP contribution in [-0.4, -0.2) is 82.3 Å². The molecule has 6 N–H and O–H groups in total. The molecule has 3 aromatic rings. The fraction of sp³-hybridized carbons (Fsp3) is 0.583. The van der Waals surface area contributed by atoms with Crippen LogP contribution in [0.1, 0.15) is 124 Å². The Labute approximate surface area is 347 Å². The van der Waals surface area contributed by atoms with Crippen LogP contribution < -0.4 is 0 Å². The summed E-state index contributed by atoms with van der Waals surface area (Å²) in [7, 11) is 0. The molecule has 3 aromatic carbocycles. The average Bonchev–Trinajstić information content (AvgIpc) is 3.19. The minimum Gasteiger partial charge on any atom is -0.504 e. The van der Waals surface area contributed by atoms with Gasteiger partial charge < -0.3 is 40.4 Å². The third-order valence-corrected chi connectivity index (χ3v) is 15.9. The number of benzene rings is 3. The molecule has 0 saturated heterocycles. The minimum absolute atomic E-state index is 0.0349. The van der Waals surface area contributed by atoms with Gasteiger partial charge in [-0.2, -0.15) is 0 Å². The van der Waals surface area contributed by atoms with E-state index in [1.54, 1.807) is 36.4 Å². The fourth-order valence-corrected chi connectivity index (χ4v) is 13.4. The number of amides is 2. The van der Waals surface area contributed by atoms with Gasteiger partial charge in [-0.05, 0) is 189 Å². The van der Waals surface area contributed by atoms with Crippen LogP contribution in [0.15, 0.2) is 36.4 Å². The van der Waals surface area contributed by atoms with Crippen LogP contribution in [0.4, 0.5) is 0 Å². The Hall–Kier alpha value is -4.64. The van der Waals surface area contributed by atoms with Crippen molar-refractivity contribution in [3.05, 3.63) is 69.8 Å². The summed E-state index contributed by atoms with van der Waals surface area (Å²) in [5.74, 6) is 0.172. The SMILES string of the molecule is CC(C)(CCC12CC3CC(CCC(=O)N4CCc5cc(O)c(O)cc5C4)(CC(CCC(=O)N4CCc5cc(O)c(O)cc5C4)(C3)C1)C2)N1CCc2cc(O)c(O)cc2C1. The lowest BCUT2D eigenvalue weighted by atomic mass is 9.37. The third kappa shape index (κ3) is 7.57. The molecule has 2 unspecified atom stereocenters. The van der Waals surface area contributed by atoms with Gasteiger partial charge in [-0.25, -0.2) is 0 Å². The number of hydrogen-bond donors (Lipinski definition) is 6. The molecule has 3 aliphatic heterocycles. The van der Waals surface area contributed by atoms with E-state index in [9.17, 15) is 40.2 Å². The molecular weight excluding hydrogens is 747 g/mol. The quantitative estimate of drug-likeness (QED) is 0.114. The average molecular weight is 808 g/mol. The van der Waals surface area contributed by atoms with Gasteiger partial charge in [0, 0.05) is 57.6 Å². The molecule has 11 heteroatoms. The van der Waals surface area contributed by atoms with Gasteiger partial charge in [-0.15, -0.1) is 0 Å². The van der Waals surface area contributed by atoms with E-state index in [0.717, 1.165) is 111 Å². The number of rotatable bonds is 10. The van der Waals surface area contributed by atoms with Gasteiger partial charge in [0.15, 0.2) is 34.5 Å². The summed E-state index contributed by atoms with van der Waals surface area (Å²) in [4.78, 5) is 34.3. The summed E-state index contributed by atoms with van der Waals surface area (Å²) in [6.45, 7) is 8.38. The molecule has 4 aliphatic carbocycles. The first kappa shape index (κ1) is 39.8. The van der Waals surface area contributed by atoms with Crippen LogP contribution in [0, 0.1) is 22.2 Å². The molecule has 2 amide bonds. The Bertz CT molecular complexity index is 2080. The molecule has 11 nitrogen and oxygen atoms in total. The number of hydrogen-bond acceptors (Lipinski definition) is 9. The second kappa shape index (κ2) is 14.5. The van der Waals surface area contributed by atoms with Gasteiger partial charge in [0.05, 0.1) is 0 Å². The van der Waals surface area contributed by atoms with Gasteiger partial charge >= 0.3 is 0 Å². The highest BCUT2D eigenvalue weighted by Gasteiger charge is 2.62. The predicted octanol–water partition coefficient (Wildman–Crippen LogP) is 7.52. The maximum absolute atomic E-state index is 14.0. The standard InChI is InChI=1S/C48H61N3O8/c1-45(2,51-14-7-33-17-39(54)42(57)20-36(33)26-51)10-11-48-23-30-21-46(28-48,8-3-43(58)49-12-5-31-15-37(52)40(55)18-34(31)24-49)27-47(22-30,29-48)9-4-44(59)50-13-6-32-16-38(53)41(56)19-35(32)25-50/h15-20,30,52-57H,3-14,21-29H2,1-2H3. The number of aromatic hydroxyl groups is 6. The summed E-state index contributed by atoms with van der Waals surface area (Å²) in [6, 6.07) is 9.85. The van der Waals surface area contributed by atoms with Crippen molar-refractivity contribution in [2.75, 3.05) is 19.6 Å². The lowest BCUT2D eigenvalue weighted by Gasteiger charge is -2.68. The second-order valence-corrected chi connectivity index (χ2v) is 20.5. The minimum atomic E-state index is -0.154. The third-order valence-electron chi connectivity index (χ3n) is 15.9. The lowest BCUT2D eigenvalue weighted by molar-refractivity contribution is -0.174. The fourth-order valence-electron chi connectivity index (χ4n) is 13.4. The van der Waals surface area contributed by atoms with Crippen molar-refractivity contribution in [2.24, 2.45) is 22.2 Å². The Balaban J connectivity index is 0.921.